The standard InChI is InChI=1S/C13H29N3O/c1-5-11(6-2)16(9-10-17)8-7-13(3,4)12(14)15/h11,17H,5-10H2,1-4H3,(H3,14,15). The van der Waals surface area contributed by atoms with Crippen LogP contribution in [-0.2, 0) is 0 Å². The molecule has 0 atom stereocenters. The van der Waals surface area contributed by atoms with E-state index >= 15 is 0 Å². The maximum atomic E-state index is 9.11. The Labute approximate surface area is 106 Å². The zero-order valence-electron chi connectivity index (χ0n) is 11.8. The van der Waals surface area contributed by atoms with Crippen molar-refractivity contribution in [2.75, 3.05) is 19.7 Å². The molecule has 0 heterocycles. The summed E-state index contributed by atoms with van der Waals surface area (Å²) in [5.74, 6) is 0.242. The fourth-order valence-electron chi connectivity index (χ4n) is 1.97. The Morgan fingerprint density at radius 1 is 1.29 bits per heavy atom. The predicted octanol–water partition coefficient (Wildman–Crippen LogP) is 1.82. The first-order valence-corrected chi connectivity index (χ1v) is 6.58. The van der Waals surface area contributed by atoms with Crippen molar-refractivity contribution in [1.29, 1.82) is 5.41 Å². The molecule has 17 heavy (non-hydrogen) atoms. The maximum Gasteiger partial charge on any atom is 0.0963 e. The predicted molar refractivity (Wildman–Crippen MR) is 73.3 cm³/mol. The molecule has 0 saturated heterocycles. The average molecular weight is 243 g/mol. The van der Waals surface area contributed by atoms with Crippen LogP contribution in [0.3, 0.4) is 0 Å². The molecule has 4 N–H and O–H groups in total. The fourth-order valence-corrected chi connectivity index (χ4v) is 1.97. The zero-order chi connectivity index (χ0) is 13.5. The van der Waals surface area contributed by atoms with Crippen LogP contribution in [0, 0.1) is 10.8 Å². The second-order valence-electron chi connectivity index (χ2n) is 5.28. The number of hydrogen-bond donors (Lipinski definition) is 3. The molecule has 0 aliphatic heterocycles. The number of amidine groups is 1. The fraction of sp³-hybridized carbons (Fsp3) is 0.923. The zero-order valence-corrected chi connectivity index (χ0v) is 11.8. The molecule has 102 valence electrons. The lowest BCUT2D eigenvalue weighted by atomic mass is 9.87. The molecule has 0 spiro atoms. The second-order valence-corrected chi connectivity index (χ2v) is 5.28. The lowest BCUT2D eigenvalue weighted by Crippen LogP contribution is -2.41. The third-order valence-electron chi connectivity index (χ3n) is 3.60. The number of nitrogens with two attached hydrogens (primary N) is 1. The van der Waals surface area contributed by atoms with Crippen molar-refractivity contribution in [3.8, 4) is 0 Å². The van der Waals surface area contributed by atoms with Gasteiger partial charge in [-0.15, -0.1) is 0 Å². The summed E-state index contributed by atoms with van der Waals surface area (Å²) in [5.41, 5.74) is 5.34. The van der Waals surface area contributed by atoms with Gasteiger partial charge in [-0.25, -0.2) is 0 Å². The Morgan fingerprint density at radius 3 is 2.18 bits per heavy atom. The molecule has 0 aliphatic carbocycles. The van der Waals surface area contributed by atoms with E-state index in [0.29, 0.717) is 12.6 Å². The third-order valence-corrected chi connectivity index (χ3v) is 3.60. The van der Waals surface area contributed by atoms with Crippen LogP contribution in [-0.4, -0.2) is 41.6 Å². The van der Waals surface area contributed by atoms with Crippen LogP contribution >= 0.6 is 0 Å². The average Bonchev–Trinajstić information content (AvgIpc) is 2.27. The molecule has 0 aromatic carbocycles. The van der Waals surface area contributed by atoms with Gasteiger partial charge < -0.3 is 10.8 Å². The summed E-state index contributed by atoms with van der Waals surface area (Å²) in [5, 5.41) is 16.7. The van der Waals surface area contributed by atoms with E-state index in [2.05, 4.69) is 18.7 Å². The van der Waals surface area contributed by atoms with Gasteiger partial charge in [0, 0.05) is 18.0 Å². The summed E-state index contributed by atoms with van der Waals surface area (Å²) in [6.45, 7) is 10.1. The van der Waals surface area contributed by atoms with Crippen LogP contribution < -0.4 is 5.73 Å². The highest BCUT2D eigenvalue weighted by molar-refractivity contribution is 5.82. The van der Waals surface area contributed by atoms with Crippen molar-refractivity contribution in [3.05, 3.63) is 0 Å². The van der Waals surface area contributed by atoms with E-state index in [0.717, 1.165) is 25.8 Å². The van der Waals surface area contributed by atoms with Gasteiger partial charge in [-0.3, -0.25) is 10.3 Å². The van der Waals surface area contributed by atoms with Gasteiger partial charge in [0.25, 0.3) is 0 Å². The van der Waals surface area contributed by atoms with Crippen LogP contribution in [0.5, 0.6) is 0 Å². The van der Waals surface area contributed by atoms with Crippen LogP contribution in [0.15, 0.2) is 0 Å². The molecule has 0 aliphatic rings. The first kappa shape index (κ1) is 16.4. The number of hydrogen-bond acceptors (Lipinski definition) is 3. The molecule has 4 nitrogen and oxygen atoms in total. The largest absolute Gasteiger partial charge is 0.395 e. The van der Waals surface area contributed by atoms with Crippen molar-refractivity contribution in [2.24, 2.45) is 11.1 Å². The minimum Gasteiger partial charge on any atom is -0.395 e. The van der Waals surface area contributed by atoms with Gasteiger partial charge in [-0.05, 0) is 25.8 Å². The molecule has 0 aromatic rings. The van der Waals surface area contributed by atoms with Crippen molar-refractivity contribution in [1.82, 2.24) is 4.90 Å². The Hall–Kier alpha value is -0.610. The summed E-state index contributed by atoms with van der Waals surface area (Å²) in [7, 11) is 0. The highest BCUT2D eigenvalue weighted by Crippen LogP contribution is 2.21. The highest BCUT2D eigenvalue weighted by atomic mass is 16.3. The minimum atomic E-state index is -0.250. The van der Waals surface area contributed by atoms with Gasteiger partial charge in [-0.2, -0.15) is 0 Å². The molecule has 0 rings (SSSR count). The minimum absolute atomic E-state index is 0.191. The first-order chi connectivity index (χ1) is 7.88. The van der Waals surface area contributed by atoms with E-state index in [1.54, 1.807) is 0 Å². The Bertz CT molecular complexity index is 225. The summed E-state index contributed by atoms with van der Waals surface area (Å²) < 4.78 is 0. The Kier molecular flexibility index (Phi) is 7.39. The smallest absolute Gasteiger partial charge is 0.0963 e. The van der Waals surface area contributed by atoms with Crippen LogP contribution in [0.2, 0.25) is 0 Å². The molecule has 0 radical (unpaired) electrons. The number of rotatable bonds is 9. The van der Waals surface area contributed by atoms with Crippen molar-refractivity contribution >= 4 is 5.84 Å². The first-order valence-electron chi connectivity index (χ1n) is 6.58. The van der Waals surface area contributed by atoms with Crippen LogP contribution in [0.25, 0.3) is 0 Å². The maximum absolute atomic E-state index is 9.11. The highest BCUT2D eigenvalue weighted by Gasteiger charge is 2.24. The SMILES string of the molecule is CCC(CC)N(CCO)CCC(C)(C)C(=N)N. The topological polar surface area (TPSA) is 73.3 Å². The van der Waals surface area contributed by atoms with Crippen molar-refractivity contribution < 1.29 is 5.11 Å². The quantitative estimate of drug-likeness (QED) is 0.427. The molecule has 0 amide bonds. The summed E-state index contributed by atoms with van der Waals surface area (Å²) in [4.78, 5) is 2.31. The van der Waals surface area contributed by atoms with Crippen LogP contribution in [0.1, 0.15) is 47.0 Å². The molecule has 0 aromatic heterocycles. The number of nitrogens with one attached hydrogen (secondary N) is 1. The number of aliphatic hydroxyl groups excluding tert-OH is 1. The Balaban J connectivity index is 4.40. The molecule has 4 heteroatoms. The van der Waals surface area contributed by atoms with E-state index in [1.807, 2.05) is 13.8 Å². The van der Waals surface area contributed by atoms with E-state index in [4.69, 9.17) is 16.2 Å². The second kappa shape index (κ2) is 7.67. The van der Waals surface area contributed by atoms with Gasteiger partial charge >= 0.3 is 0 Å². The van der Waals surface area contributed by atoms with Crippen molar-refractivity contribution in [2.45, 2.75) is 53.0 Å². The number of aliphatic hydroxyl groups is 1. The van der Waals surface area contributed by atoms with Gasteiger partial charge in [0.15, 0.2) is 0 Å². The molecule has 0 saturated carbocycles. The van der Waals surface area contributed by atoms with Gasteiger partial charge in [0.05, 0.1) is 12.4 Å². The van der Waals surface area contributed by atoms with E-state index < -0.39 is 0 Å². The number of nitrogens with zero attached hydrogens (tertiary/aromatic N) is 1. The molecule has 0 bridgehead atoms. The lowest BCUT2D eigenvalue weighted by molar-refractivity contribution is 0.133. The van der Waals surface area contributed by atoms with Gasteiger partial charge in [0.2, 0.25) is 0 Å². The molecular weight excluding hydrogens is 214 g/mol. The van der Waals surface area contributed by atoms with E-state index in [1.165, 1.54) is 0 Å². The van der Waals surface area contributed by atoms with Gasteiger partial charge in [0.1, 0.15) is 0 Å². The molecule has 0 unspecified atom stereocenters. The van der Waals surface area contributed by atoms with Crippen LogP contribution in [0.4, 0.5) is 0 Å². The molecular formula is C13H29N3O. The van der Waals surface area contributed by atoms with Crippen molar-refractivity contribution in [3.63, 3.8) is 0 Å². The van der Waals surface area contributed by atoms with E-state index in [9.17, 15) is 0 Å². The third kappa shape index (κ3) is 5.50. The summed E-state index contributed by atoms with van der Waals surface area (Å²) in [6, 6.07) is 0.518. The lowest BCUT2D eigenvalue weighted by Gasteiger charge is -2.33. The van der Waals surface area contributed by atoms with Gasteiger partial charge in [-0.1, -0.05) is 27.7 Å². The normalized spacial score (nSPS) is 12.4. The Morgan fingerprint density at radius 2 is 1.82 bits per heavy atom. The van der Waals surface area contributed by atoms with E-state index in [-0.39, 0.29) is 17.9 Å². The molecule has 0 fully saturated rings. The summed E-state index contributed by atoms with van der Waals surface area (Å²) >= 11 is 0. The monoisotopic (exact) mass is 243 g/mol. The summed E-state index contributed by atoms with van der Waals surface area (Å²) in [6.07, 6.45) is 3.05.